The molecule has 1 atom stereocenters. The number of benzene rings is 1. The normalized spacial score (nSPS) is 12.9. The lowest BCUT2D eigenvalue weighted by Crippen LogP contribution is -2.47. The Bertz CT molecular complexity index is 472. The van der Waals surface area contributed by atoms with Crippen LogP contribution in [0.1, 0.15) is 45.7 Å². The van der Waals surface area contributed by atoms with E-state index in [2.05, 4.69) is 33.0 Å². The number of nitrogens with one attached hydrogen (secondary N) is 1. The van der Waals surface area contributed by atoms with Gasteiger partial charge in [0, 0.05) is 6.04 Å². The van der Waals surface area contributed by atoms with Crippen LogP contribution in [0.3, 0.4) is 0 Å². The van der Waals surface area contributed by atoms with Crippen LogP contribution in [-0.4, -0.2) is 18.1 Å². The number of aryl methyl sites for hydroxylation is 1. The van der Waals surface area contributed by atoms with E-state index in [4.69, 9.17) is 4.74 Å². The molecule has 1 N–H and O–H groups in total. The second kappa shape index (κ2) is 7.48. The van der Waals surface area contributed by atoms with Crippen LogP contribution in [0.5, 0.6) is 5.75 Å². The fourth-order valence-corrected chi connectivity index (χ4v) is 2.48. The van der Waals surface area contributed by atoms with Crippen molar-refractivity contribution in [3.8, 4) is 5.75 Å². The van der Waals surface area contributed by atoms with Gasteiger partial charge >= 0.3 is 0 Å². The zero-order valence-electron chi connectivity index (χ0n) is 14.4. The van der Waals surface area contributed by atoms with Gasteiger partial charge in [-0.25, -0.2) is 0 Å². The molecule has 0 unspecified atom stereocenters. The Hall–Kier alpha value is -1.51. The van der Waals surface area contributed by atoms with E-state index in [-0.39, 0.29) is 11.9 Å². The van der Waals surface area contributed by atoms with Crippen LogP contribution in [0.25, 0.3) is 0 Å². The predicted molar refractivity (Wildman–Crippen MR) is 87.6 cm³/mol. The van der Waals surface area contributed by atoms with Gasteiger partial charge in [0.2, 0.25) is 0 Å². The Kier molecular flexibility index (Phi) is 6.25. The Morgan fingerprint density at radius 2 is 1.62 bits per heavy atom. The van der Waals surface area contributed by atoms with E-state index in [0.717, 1.165) is 11.3 Å². The van der Waals surface area contributed by atoms with Crippen LogP contribution in [0.15, 0.2) is 18.2 Å². The van der Waals surface area contributed by atoms with E-state index in [9.17, 15) is 4.79 Å². The first-order chi connectivity index (χ1) is 9.73. The number of rotatable bonds is 6. The molecule has 0 saturated heterocycles. The molecule has 3 heteroatoms. The third-order valence-electron chi connectivity index (χ3n) is 3.97. The average Bonchev–Trinajstić information content (AvgIpc) is 2.40. The van der Waals surface area contributed by atoms with Gasteiger partial charge in [0.15, 0.2) is 6.10 Å². The van der Waals surface area contributed by atoms with Gasteiger partial charge in [-0.05, 0) is 49.8 Å². The quantitative estimate of drug-likeness (QED) is 0.864. The molecule has 118 valence electrons. The Morgan fingerprint density at radius 3 is 2.14 bits per heavy atom. The Morgan fingerprint density at radius 1 is 1.05 bits per heavy atom. The maximum Gasteiger partial charge on any atom is 0.261 e. The SMILES string of the molecule is Cc1cccc(O[C@@H](C)C(=O)NC(C(C)C)C(C)C)c1C. The molecule has 0 spiro atoms. The summed E-state index contributed by atoms with van der Waals surface area (Å²) in [4.78, 5) is 12.3. The van der Waals surface area contributed by atoms with Crippen LogP contribution < -0.4 is 10.1 Å². The fraction of sp³-hybridized carbons (Fsp3) is 0.611. The highest BCUT2D eigenvalue weighted by Gasteiger charge is 2.23. The molecule has 3 nitrogen and oxygen atoms in total. The summed E-state index contributed by atoms with van der Waals surface area (Å²) in [6, 6.07) is 6.07. The van der Waals surface area contributed by atoms with Crippen molar-refractivity contribution in [3.63, 3.8) is 0 Å². The largest absolute Gasteiger partial charge is 0.481 e. The minimum absolute atomic E-state index is 0.0525. The molecular formula is C18H29NO2. The van der Waals surface area contributed by atoms with Crippen molar-refractivity contribution < 1.29 is 9.53 Å². The molecule has 0 aromatic heterocycles. The monoisotopic (exact) mass is 291 g/mol. The molecule has 0 heterocycles. The molecule has 0 aliphatic heterocycles. The van der Waals surface area contributed by atoms with E-state index < -0.39 is 6.10 Å². The lowest BCUT2D eigenvalue weighted by molar-refractivity contribution is -0.128. The smallest absolute Gasteiger partial charge is 0.261 e. The van der Waals surface area contributed by atoms with Gasteiger partial charge in [0.05, 0.1) is 0 Å². The lowest BCUT2D eigenvalue weighted by Gasteiger charge is -2.27. The minimum atomic E-state index is -0.495. The van der Waals surface area contributed by atoms with Crippen molar-refractivity contribution in [2.45, 2.75) is 60.6 Å². The number of carbonyl (C=O) groups is 1. The number of carbonyl (C=O) groups excluding carboxylic acids is 1. The summed E-state index contributed by atoms with van der Waals surface area (Å²) in [5, 5.41) is 3.11. The molecule has 1 aromatic rings. The number of hydrogen-bond acceptors (Lipinski definition) is 2. The van der Waals surface area contributed by atoms with Crippen molar-refractivity contribution in [3.05, 3.63) is 29.3 Å². The summed E-state index contributed by atoms with van der Waals surface area (Å²) >= 11 is 0. The van der Waals surface area contributed by atoms with Crippen LogP contribution >= 0.6 is 0 Å². The maximum absolute atomic E-state index is 12.3. The molecule has 1 rings (SSSR count). The molecule has 0 aliphatic rings. The summed E-state index contributed by atoms with van der Waals surface area (Å²) in [5.74, 6) is 1.54. The van der Waals surface area contributed by atoms with Crippen LogP contribution in [0.2, 0.25) is 0 Å². The molecule has 0 aliphatic carbocycles. The summed E-state index contributed by atoms with van der Waals surface area (Å²) < 4.78 is 5.84. The Labute approximate surface area is 129 Å². The molecule has 21 heavy (non-hydrogen) atoms. The first kappa shape index (κ1) is 17.5. The van der Waals surface area contributed by atoms with Crippen molar-refractivity contribution in [2.75, 3.05) is 0 Å². The van der Waals surface area contributed by atoms with Crippen LogP contribution in [0.4, 0.5) is 0 Å². The minimum Gasteiger partial charge on any atom is -0.481 e. The van der Waals surface area contributed by atoms with Crippen LogP contribution in [0, 0.1) is 25.7 Å². The van der Waals surface area contributed by atoms with E-state index in [1.807, 2.05) is 32.0 Å². The molecule has 0 fully saturated rings. The average molecular weight is 291 g/mol. The van der Waals surface area contributed by atoms with Gasteiger partial charge in [-0.2, -0.15) is 0 Å². The Balaban J connectivity index is 2.72. The van der Waals surface area contributed by atoms with Crippen molar-refractivity contribution in [1.82, 2.24) is 5.32 Å². The molecular weight excluding hydrogens is 262 g/mol. The van der Waals surface area contributed by atoms with Crippen molar-refractivity contribution >= 4 is 5.91 Å². The number of amides is 1. The molecule has 0 bridgehead atoms. The predicted octanol–water partition coefficient (Wildman–Crippen LogP) is 3.87. The molecule has 0 saturated carbocycles. The zero-order chi connectivity index (χ0) is 16.2. The van der Waals surface area contributed by atoms with E-state index in [1.54, 1.807) is 6.92 Å². The van der Waals surface area contributed by atoms with E-state index in [0.29, 0.717) is 11.8 Å². The molecule has 0 radical (unpaired) electrons. The summed E-state index contributed by atoms with van der Waals surface area (Å²) in [6.07, 6.45) is -0.495. The van der Waals surface area contributed by atoms with Gasteiger partial charge in [-0.3, -0.25) is 4.79 Å². The van der Waals surface area contributed by atoms with Crippen molar-refractivity contribution in [2.24, 2.45) is 11.8 Å². The maximum atomic E-state index is 12.3. The highest BCUT2D eigenvalue weighted by Crippen LogP contribution is 2.22. The summed E-state index contributed by atoms with van der Waals surface area (Å²) in [6.45, 7) is 14.4. The van der Waals surface area contributed by atoms with Gasteiger partial charge in [0.25, 0.3) is 5.91 Å². The lowest BCUT2D eigenvalue weighted by atomic mass is 9.93. The highest BCUT2D eigenvalue weighted by molar-refractivity contribution is 5.81. The third-order valence-corrected chi connectivity index (χ3v) is 3.97. The zero-order valence-corrected chi connectivity index (χ0v) is 14.4. The van der Waals surface area contributed by atoms with Gasteiger partial charge in [-0.1, -0.05) is 39.8 Å². The first-order valence-electron chi connectivity index (χ1n) is 7.77. The summed E-state index contributed by atoms with van der Waals surface area (Å²) in [5.41, 5.74) is 2.25. The topological polar surface area (TPSA) is 38.3 Å². The standard InChI is InChI=1S/C18H29NO2/c1-11(2)17(12(3)4)19-18(20)15(7)21-16-10-8-9-13(5)14(16)6/h8-12,15,17H,1-7H3,(H,19,20)/t15-/m0/s1. The first-order valence-corrected chi connectivity index (χ1v) is 7.77. The second-order valence-electron chi connectivity index (χ2n) is 6.48. The van der Waals surface area contributed by atoms with Crippen LogP contribution in [-0.2, 0) is 4.79 Å². The van der Waals surface area contributed by atoms with Gasteiger partial charge in [0.1, 0.15) is 5.75 Å². The van der Waals surface area contributed by atoms with E-state index in [1.165, 1.54) is 5.56 Å². The number of ether oxygens (including phenoxy) is 1. The fourth-order valence-electron chi connectivity index (χ4n) is 2.48. The third kappa shape index (κ3) is 4.76. The molecule has 1 amide bonds. The molecule has 1 aromatic carbocycles. The summed E-state index contributed by atoms with van der Waals surface area (Å²) in [7, 11) is 0. The second-order valence-corrected chi connectivity index (χ2v) is 6.48. The van der Waals surface area contributed by atoms with Gasteiger partial charge in [-0.15, -0.1) is 0 Å². The van der Waals surface area contributed by atoms with Crippen molar-refractivity contribution in [1.29, 1.82) is 0 Å². The van der Waals surface area contributed by atoms with E-state index >= 15 is 0 Å². The number of hydrogen-bond donors (Lipinski definition) is 1. The highest BCUT2D eigenvalue weighted by atomic mass is 16.5. The van der Waals surface area contributed by atoms with Gasteiger partial charge < -0.3 is 10.1 Å².